The van der Waals surface area contributed by atoms with Crippen molar-refractivity contribution in [1.82, 2.24) is 0 Å². The maximum Gasteiger partial charge on any atom is 0.0355 e. The van der Waals surface area contributed by atoms with Crippen LogP contribution < -0.4 is 0 Å². The molecule has 0 aliphatic rings. The Kier molecular flexibility index (Phi) is 7.68. The maximum absolute atomic E-state index is 2.46. The van der Waals surface area contributed by atoms with Gasteiger partial charge in [-0.3, -0.25) is 0 Å². The van der Waals surface area contributed by atoms with Crippen molar-refractivity contribution in [3.8, 4) is 44.5 Å². The van der Waals surface area contributed by atoms with Gasteiger partial charge in [0.1, 0.15) is 0 Å². The number of rotatable bonds is 6. The van der Waals surface area contributed by atoms with Crippen molar-refractivity contribution in [2.45, 2.75) is 40.5 Å². The summed E-state index contributed by atoms with van der Waals surface area (Å²) in [6.07, 6.45) is 1.97. The van der Waals surface area contributed by atoms with Crippen LogP contribution in [0.5, 0.6) is 0 Å². The summed E-state index contributed by atoms with van der Waals surface area (Å²) in [5.74, 6) is 0. The molecule has 0 nitrogen and oxygen atoms in total. The third-order valence-corrected chi connectivity index (χ3v) is 12.8. The van der Waals surface area contributed by atoms with Crippen LogP contribution in [0.4, 0.5) is 0 Å². The zero-order valence-corrected chi connectivity index (χ0v) is 30.6. The second-order valence-corrected chi connectivity index (χ2v) is 15.7. The third kappa shape index (κ3) is 5.18. The molecule has 0 saturated heterocycles. The van der Waals surface area contributed by atoms with Gasteiger partial charge in [-0.15, -0.1) is 22.7 Å². The average Bonchev–Trinajstić information content (AvgIpc) is 3.72. The molecular weight excluding hydrogens is 641 g/mol. The Morgan fingerprint density at radius 3 is 1.16 bits per heavy atom. The van der Waals surface area contributed by atoms with Gasteiger partial charge in [-0.05, 0) is 130 Å². The zero-order chi connectivity index (χ0) is 33.9. The number of hydrogen-bond acceptors (Lipinski definition) is 2. The van der Waals surface area contributed by atoms with Crippen molar-refractivity contribution in [1.29, 1.82) is 0 Å². The summed E-state index contributed by atoms with van der Waals surface area (Å²) in [5, 5.41) is 5.40. The summed E-state index contributed by atoms with van der Waals surface area (Å²) in [6, 6.07) is 50.5. The molecule has 2 aromatic heterocycles. The normalized spacial score (nSPS) is 11.8. The van der Waals surface area contributed by atoms with Crippen LogP contribution in [0.3, 0.4) is 0 Å². The molecule has 0 fully saturated rings. The van der Waals surface area contributed by atoms with Crippen molar-refractivity contribution in [2.75, 3.05) is 0 Å². The predicted molar refractivity (Wildman–Crippen MR) is 222 cm³/mol. The lowest BCUT2D eigenvalue weighted by atomic mass is 9.86. The summed E-state index contributed by atoms with van der Waals surface area (Å²) >= 11 is 3.76. The van der Waals surface area contributed by atoms with Crippen LogP contribution in [0.15, 0.2) is 133 Å². The van der Waals surface area contributed by atoms with Crippen molar-refractivity contribution in [2.24, 2.45) is 0 Å². The Balaban J connectivity index is 1.07. The van der Waals surface area contributed by atoms with E-state index in [0.717, 1.165) is 12.8 Å². The zero-order valence-electron chi connectivity index (χ0n) is 28.9. The number of thiophene rings is 2. The van der Waals surface area contributed by atoms with Gasteiger partial charge in [0.05, 0.1) is 0 Å². The molecule has 50 heavy (non-hydrogen) atoms. The molecule has 0 unspecified atom stereocenters. The van der Waals surface area contributed by atoms with E-state index in [4.69, 9.17) is 0 Å². The van der Waals surface area contributed by atoms with Crippen LogP contribution in [0, 0.1) is 13.8 Å². The molecule has 242 valence electrons. The fourth-order valence-electron chi connectivity index (χ4n) is 7.91. The summed E-state index contributed by atoms with van der Waals surface area (Å²) < 4.78 is 5.40. The van der Waals surface area contributed by atoms with E-state index in [-0.39, 0.29) is 0 Å². The van der Waals surface area contributed by atoms with Gasteiger partial charge in [-0.2, -0.15) is 0 Å². The minimum atomic E-state index is 0.987. The molecule has 0 aliphatic heterocycles. The van der Waals surface area contributed by atoms with Crippen molar-refractivity contribution in [3.63, 3.8) is 0 Å². The Morgan fingerprint density at radius 1 is 0.360 bits per heavy atom. The lowest BCUT2D eigenvalue weighted by molar-refractivity contribution is 1.10. The van der Waals surface area contributed by atoms with Gasteiger partial charge in [-0.1, -0.05) is 111 Å². The van der Waals surface area contributed by atoms with Gasteiger partial charge in [-0.25, -0.2) is 0 Å². The van der Waals surface area contributed by atoms with Gasteiger partial charge >= 0.3 is 0 Å². The van der Waals surface area contributed by atoms with Gasteiger partial charge in [0.15, 0.2) is 0 Å². The Hall–Kier alpha value is -5.02. The molecule has 0 radical (unpaired) electrons. The van der Waals surface area contributed by atoms with E-state index in [9.17, 15) is 0 Å². The molecule has 9 rings (SSSR count). The molecule has 0 saturated carbocycles. The number of benzene rings is 7. The highest BCUT2D eigenvalue weighted by Crippen LogP contribution is 2.41. The second-order valence-electron chi connectivity index (χ2n) is 13.6. The average molecular weight is 679 g/mol. The minimum Gasteiger partial charge on any atom is -0.135 e. The standard InChI is InChI=1S/C48H38S2/c1-5-31-25-42(34-16-20-38(30(4)24-34)36-18-22-48-44(28-36)40-12-8-10-14-46(40)50-48)32(6-2)26-41(31)33-15-19-37(29(3)23-33)35-17-21-47-43(27-35)39-11-7-9-13-45(39)49-47/h7-28H,5-6H2,1-4H3. The quantitative estimate of drug-likeness (QED) is 0.164. The van der Waals surface area contributed by atoms with Crippen LogP contribution in [-0.2, 0) is 12.8 Å². The molecule has 7 aromatic carbocycles. The lowest BCUT2D eigenvalue weighted by Gasteiger charge is -2.18. The van der Waals surface area contributed by atoms with Crippen LogP contribution in [-0.4, -0.2) is 0 Å². The Morgan fingerprint density at radius 2 is 0.740 bits per heavy atom. The highest BCUT2D eigenvalue weighted by atomic mass is 32.1. The SMILES string of the molecule is CCc1cc(-c2ccc(-c3ccc4sc5ccccc5c4c3)c(C)c2)c(CC)cc1-c1ccc(-c2ccc3sc4ccccc4c3c2)c(C)c1. The van der Waals surface area contributed by atoms with E-state index < -0.39 is 0 Å². The Labute approximate surface area is 302 Å². The fraction of sp³-hybridized carbons (Fsp3) is 0.125. The first-order valence-electron chi connectivity index (χ1n) is 17.7. The number of hydrogen-bond donors (Lipinski definition) is 0. The smallest absolute Gasteiger partial charge is 0.0355 e. The van der Waals surface area contributed by atoms with E-state index in [1.54, 1.807) is 0 Å². The van der Waals surface area contributed by atoms with E-state index in [0.29, 0.717) is 0 Å². The van der Waals surface area contributed by atoms with Crippen molar-refractivity contribution >= 4 is 63.0 Å². The molecule has 0 amide bonds. The molecule has 9 aromatic rings. The van der Waals surface area contributed by atoms with Crippen LogP contribution in [0.25, 0.3) is 84.9 Å². The molecular formula is C48H38S2. The summed E-state index contributed by atoms with van der Waals surface area (Å²) in [7, 11) is 0. The first-order chi connectivity index (χ1) is 24.5. The molecule has 0 aliphatic carbocycles. The van der Waals surface area contributed by atoms with Gasteiger partial charge < -0.3 is 0 Å². The summed E-state index contributed by atoms with van der Waals surface area (Å²) in [5.41, 5.74) is 15.9. The first kappa shape index (κ1) is 31.0. The largest absolute Gasteiger partial charge is 0.135 e. The highest BCUT2D eigenvalue weighted by Gasteiger charge is 2.16. The first-order valence-corrected chi connectivity index (χ1v) is 19.3. The summed E-state index contributed by atoms with van der Waals surface area (Å²) in [4.78, 5) is 0. The topological polar surface area (TPSA) is 0 Å². The lowest BCUT2D eigenvalue weighted by Crippen LogP contribution is -1.97. The van der Waals surface area contributed by atoms with Crippen molar-refractivity contribution in [3.05, 3.63) is 156 Å². The predicted octanol–water partition coefficient (Wildman–Crippen LogP) is 14.8. The van der Waals surface area contributed by atoms with Crippen molar-refractivity contribution < 1.29 is 0 Å². The molecule has 0 atom stereocenters. The number of aryl methyl sites for hydroxylation is 4. The maximum atomic E-state index is 2.46. The fourth-order valence-corrected chi connectivity index (χ4v) is 10.1. The second kappa shape index (κ2) is 12.4. The molecule has 0 N–H and O–H groups in total. The third-order valence-electron chi connectivity index (χ3n) is 10.5. The van der Waals surface area contributed by atoms with E-state index in [1.165, 1.54) is 107 Å². The highest BCUT2D eigenvalue weighted by molar-refractivity contribution is 7.26. The van der Waals surface area contributed by atoms with Gasteiger partial charge in [0.2, 0.25) is 0 Å². The van der Waals surface area contributed by atoms with E-state index in [2.05, 4.69) is 161 Å². The molecule has 0 bridgehead atoms. The van der Waals surface area contributed by atoms with E-state index >= 15 is 0 Å². The van der Waals surface area contributed by atoms with E-state index in [1.807, 2.05) is 22.7 Å². The molecule has 0 spiro atoms. The van der Waals surface area contributed by atoms with Gasteiger partial charge in [0.25, 0.3) is 0 Å². The minimum absolute atomic E-state index is 0.987. The monoisotopic (exact) mass is 678 g/mol. The van der Waals surface area contributed by atoms with Crippen LogP contribution in [0.2, 0.25) is 0 Å². The number of fused-ring (bicyclic) bond motifs is 6. The van der Waals surface area contributed by atoms with Gasteiger partial charge in [0, 0.05) is 40.3 Å². The van der Waals surface area contributed by atoms with Crippen LogP contribution >= 0.6 is 22.7 Å². The molecule has 2 heterocycles. The summed E-state index contributed by atoms with van der Waals surface area (Å²) in [6.45, 7) is 9.10. The molecule has 2 heteroatoms. The van der Waals surface area contributed by atoms with Crippen LogP contribution in [0.1, 0.15) is 36.1 Å². The Bertz CT molecular complexity index is 2560.